The summed E-state index contributed by atoms with van der Waals surface area (Å²) in [6.07, 6.45) is 0. The molecule has 0 saturated heterocycles. The molecule has 1 unspecified atom stereocenters. The minimum Gasteiger partial charge on any atom is -0.508 e. The summed E-state index contributed by atoms with van der Waals surface area (Å²) < 4.78 is 5.70. The SMILES string of the molecule is COc1ccc(O)c(C(C)C#N)c1Br. The van der Waals surface area contributed by atoms with Crippen LogP contribution in [0.4, 0.5) is 0 Å². The van der Waals surface area contributed by atoms with E-state index in [-0.39, 0.29) is 11.7 Å². The molecule has 1 N–H and O–H groups in total. The molecular formula is C10H10BrNO2. The van der Waals surface area contributed by atoms with Crippen molar-refractivity contribution in [2.45, 2.75) is 12.8 Å². The first kappa shape index (κ1) is 10.9. The molecule has 74 valence electrons. The van der Waals surface area contributed by atoms with E-state index < -0.39 is 0 Å². The maximum atomic E-state index is 9.58. The molecule has 0 heterocycles. The van der Waals surface area contributed by atoms with E-state index in [4.69, 9.17) is 10.00 Å². The molecule has 0 aliphatic carbocycles. The Labute approximate surface area is 91.1 Å². The largest absolute Gasteiger partial charge is 0.508 e. The Kier molecular flexibility index (Phi) is 3.37. The third kappa shape index (κ3) is 1.83. The lowest BCUT2D eigenvalue weighted by atomic mass is 10.0. The van der Waals surface area contributed by atoms with E-state index in [9.17, 15) is 5.11 Å². The van der Waals surface area contributed by atoms with Crippen LogP contribution in [0.3, 0.4) is 0 Å². The summed E-state index contributed by atoms with van der Waals surface area (Å²) in [5.41, 5.74) is 0.562. The number of halogens is 1. The van der Waals surface area contributed by atoms with Crippen molar-refractivity contribution in [3.05, 3.63) is 22.2 Å². The quantitative estimate of drug-likeness (QED) is 0.885. The third-order valence-electron chi connectivity index (χ3n) is 1.97. The van der Waals surface area contributed by atoms with E-state index in [1.807, 2.05) is 0 Å². The minimum absolute atomic E-state index is 0.103. The lowest BCUT2D eigenvalue weighted by molar-refractivity contribution is 0.407. The summed E-state index contributed by atoms with van der Waals surface area (Å²) in [5.74, 6) is 0.339. The molecule has 0 amide bonds. The Morgan fingerprint density at radius 2 is 2.21 bits per heavy atom. The van der Waals surface area contributed by atoms with Gasteiger partial charge in [-0.15, -0.1) is 0 Å². The van der Waals surface area contributed by atoms with Crippen LogP contribution in [0.1, 0.15) is 18.4 Å². The zero-order chi connectivity index (χ0) is 10.7. The number of phenolic OH excluding ortho intramolecular Hbond substituents is 1. The number of hydrogen-bond acceptors (Lipinski definition) is 3. The Morgan fingerprint density at radius 1 is 1.57 bits per heavy atom. The molecule has 0 aliphatic heterocycles. The molecule has 3 nitrogen and oxygen atoms in total. The van der Waals surface area contributed by atoms with Gasteiger partial charge in [0.2, 0.25) is 0 Å². The topological polar surface area (TPSA) is 53.2 Å². The summed E-state index contributed by atoms with van der Waals surface area (Å²) in [4.78, 5) is 0. The number of nitriles is 1. The molecular weight excluding hydrogens is 246 g/mol. The van der Waals surface area contributed by atoms with Crippen molar-refractivity contribution in [2.75, 3.05) is 7.11 Å². The fourth-order valence-electron chi connectivity index (χ4n) is 1.20. The monoisotopic (exact) mass is 255 g/mol. The number of rotatable bonds is 2. The van der Waals surface area contributed by atoms with Crippen molar-refractivity contribution < 1.29 is 9.84 Å². The minimum atomic E-state index is -0.375. The van der Waals surface area contributed by atoms with Crippen molar-refractivity contribution in [1.29, 1.82) is 5.26 Å². The predicted molar refractivity (Wildman–Crippen MR) is 56.4 cm³/mol. The molecule has 1 atom stereocenters. The van der Waals surface area contributed by atoms with Gasteiger partial charge in [0, 0.05) is 5.56 Å². The molecule has 0 bridgehead atoms. The van der Waals surface area contributed by atoms with Crippen LogP contribution in [0, 0.1) is 11.3 Å². The number of hydrogen-bond donors (Lipinski definition) is 1. The molecule has 1 aromatic rings. The summed E-state index contributed by atoms with van der Waals surface area (Å²) >= 11 is 3.30. The second-order valence-corrected chi connectivity index (χ2v) is 3.66. The predicted octanol–water partition coefficient (Wildman–Crippen LogP) is 2.79. The van der Waals surface area contributed by atoms with Crippen LogP contribution in [-0.4, -0.2) is 12.2 Å². The molecule has 14 heavy (non-hydrogen) atoms. The number of benzene rings is 1. The molecule has 1 rings (SSSR count). The van der Waals surface area contributed by atoms with E-state index in [1.165, 1.54) is 13.2 Å². The van der Waals surface area contributed by atoms with Crippen LogP contribution in [0.15, 0.2) is 16.6 Å². The Balaban J connectivity index is 3.34. The van der Waals surface area contributed by atoms with E-state index >= 15 is 0 Å². The molecule has 0 saturated carbocycles. The summed E-state index contributed by atoms with van der Waals surface area (Å²) in [6, 6.07) is 5.24. The molecule has 0 fully saturated rings. The van der Waals surface area contributed by atoms with Crippen molar-refractivity contribution in [1.82, 2.24) is 0 Å². The average Bonchev–Trinajstić information content (AvgIpc) is 2.18. The molecule has 4 heteroatoms. The van der Waals surface area contributed by atoms with Crippen LogP contribution >= 0.6 is 15.9 Å². The molecule has 0 spiro atoms. The van der Waals surface area contributed by atoms with Gasteiger partial charge in [-0.3, -0.25) is 0 Å². The lowest BCUT2D eigenvalue weighted by Gasteiger charge is -2.12. The van der Waals surface area contributed by atoms with Crippen molar-refractivity contribution in [2.24, 2.45) is 0 Å². The summed E-state index contributed by atoms with van der Waals surface area (Å²) in [6.45, 7) is 1.72. The highest BCUT2D eigenvalue weighted by atomic mass is 79.9. The number of ether oxygens (including phenoxy) is 1. The maximum absolute atomic E-state index is 9.58. The van der Waals surface area contributed by atoms with Gasteiger partial charge in [-0.05, 0) is 35.0 Å². The van der Waals surface area contributed by atoms with Gasteiger partial charge in [0.25, 0.3) is 0 Å². The average molecular weight is 256 g/mol. The highest BCUT2D eigenvalue weighted by Crippen LogP contribution is 2.38. The molecule has 0 aliphatic rings. The highest BCUT2D eigenvalue weighted by Gasteiger charge is 2.16. The first-order valence-electron chi connectivity index (χ1n) is 4.06. The number of phenols is 1. The molecule has 0 radical (unpaired) electrons. The van der Waals surface area contributed by atoms with Crippen molar-refractivity contribution >= 4 is 15.9 Å². The van der Waals surface area contributed by atoms with Crippen LogP contribution in [0.25, 0.3) is 0 Å². The van der Waals surface area contributed by atoms with Crippen molar-refractivity contribution in [3.8, 4) is 17.6 Å². The van der Waals surface area contributed by atoms with Crippen LogP contribution in [0.5, 0.6) is 11.5 Å². The van der Waals surface area contributed by atoms with Gasteiger partial charge in [-0.2, -0.15) is 5.26 Å². The fraction of sp³-hybridized carbons (Fsp3) is 0.300. The van der Waals surface area contributed by atoms with Gasteiger partial charge < -0.3 is 9.84 Å². The van der Waals surface area contributed by atoms with E-state index in [0.717, 1.165) is 0 Å². The second-order valence-electron chi connectivity index (χ2n) is 2.87. The summed E-state index contributed by atoms with van der Waals surface area (Å²) in [7, 11) is 1.54. The van der Waals surface area contributed by atoms with Crippen LogP contribution < -0.4 is 4.74 Å². The third-order valence-corrected chi connectivity index (χ3v) is 2.79. The van der Waals surface area contributed by atoms with Gasteiger partial charge in [0.15, 0.2) is 0 Å². The smallest absolute Gasteiger partial charge is 0.133 e. The van der Waals surface area contributed by atoms with E-state index in [1.54, 1.807) is 13.0 Å². The number of aromatic hydroxyl groups is 1. The number of nitrogens with zero attached hydrogens (tertiary/aromatic N) is 1. The van der Waals surface area contributed by atoms with Gasteiger partial charge in [0.05, 0.1) is 23.6 Å². The molecule has 1 aromatic carbocycles. The van der Waals surface area contributed by atoms with Gasteiger partial charge in [0.1, 0.15) is 11.5 Å². The van der Waals surface area contributed by atoms with Crippen LogP contribution in [0.2, 0.25) is 0 Å². The Morgan fingerprint density at radius 3 is 2.71 bits per heavy atom. The zero-order valence-corrected chi connectivity index (χ0v) is 9.50. The second kappa shape index (κ2) is 4.34. The lowest BCUT2D eigenvalue weighted by Crippen LogP contribution is -1.95. The maximum Gasteiger partial charge on any atom is 0.133 e. The zero-order valence-electron chi connectivity index (χ0n) is 7.91. The summed E-state index contributed by atoms with van der Waals surface area (Å²) in [5, 5.41) is 18.4. The van der Waals surface area contributed by atoms with Gasteiger partial charge in [-0.25, -0.2) is 0 Å². The first-order chi connectivity index (χ1) is 6.61. The number of methoxy groups -OCH3 is 1. The van der Waals surface area contributed by atoms with Crippen molar-refractivity contribution in [3.63, 3.8) is 0 Å². The fourth-order valence-corrected chi connectivity index (χ4v) is 2.04. The van der Waals surface area contributed by atoms with E-state index in [0.29, 0.717) is 15.8 Å². The Bertz CT molecular complexity index is 384. The normalized spacial score (nSPS) is 11.9. The van der Waals surface area contributed by atoms with Crippen LogP contribution in [-0.2, 0) is 0 Å². The first-order valence-corrected chi connectivity index (χ1v) is 4.86. The molecule has 0 aromatic heterocycles. The Hall–Kier alpha value is -1.21. The van der Waals surface area contributed by atoms with Gasteiger partial charge in [-0.1, -0.05) is 0 Å². The highest BCUT2D eigenvalue weighted by molar-refractivity contribution is 9.10. The standard InChI is InChI=1S/C10H10BrNO2/c1-6(5-12)9-7(13)3-4-8(14-2)10(9)11/h3-4,6,13H,1-2H3. The van der Waals surface area contributed by atoms with Gasteiger partial charge >= 0.3 is 0 Å². The van der Waals surface area contributed by atoms with E-state index in [2.05, 4.69) is 22.0 Å².